The van der Waals surface area contributed by atoms with Crippen molar-refractivity contribution in [3.63, 3.8) is 0 Å². The third kappa shape index (κ3) is 6.43. The van der Waals surface area contributed by atoms with Gasteiger partial charge in [0.15, 0.2) is 18.1 Å². The van der Waals surface area contributed by atoms with Crippen molar-refractivity contribution in [2.75, 3.05) is 40.7 Å². The Balaban J connectivity index is 1.24. The van der Waals surface area contributed by atoms with Crippen LogP contribution < -0.4 is 39.1 Å². The fraction of sp³-hybridized carbons (Fsp3) is 0.344. The lowest BCUT2D eigenvalue weighted by Crippen LogP contribution is -2.45. The van der Waals surface area contributed by atoms with E-state index < -0.39 is 18.1 Å². The van der Waals surface area contributed by atoms with E-state index in [4.69, 9.17) is 28.4 Å². The minimum absolute atomic E-state index is 0.0594. The van der Waals surface area contributed by atoms with E-state index in [1.54, 1.807) is 41.3 Å². The van der Waals surface area contributed by atoms with E-state index in [0.29, 0.717) is 40.9 Å². The maximum atomic E-state index is 13.5. The molecule has 2 atom stereocenters. The number of likely N-dealkylation sites (tertiary alicyclic amines) is 1. The van der Waals surface area contributed by atoms with Crippen LogP contribution in [-0.2, 0) is 22.6 Å². The Morgan fingerprint density at radius 3 is 2.64 bits per heavy atom. The highest BCUT2D eigenvalue weighted by Crippen LogP contribution is 2.33. The first-order valence-electron chi connectivity index (χ1n) is 14.3. The molecule has 1 fully saturated rings. The van der Waals surface area contributed by atoms with Crippen LogP contribution in [0.2, 0.25) is 0 Å². The fourth-order valence-electron chi connectivity index (χ4n) is 5.41. The quantitative estimate of drug-likeness (QED) is 0.451. The molecule has 0 unspecified atom stereocenters. The first-order chi connectivity index (χ1) is 21.4. The summed E-state index contributed by atoms with van der Waals surface area (Å²) in [6, 6.07) is 15.2. The molecule has 0 saturated carbocycles. The third-order valence-electron chi connectivity index (χ3n) is 7.77. The number of aryl methyl sites for hydroxylation is 1. The molecule has 3 amide bonds. The largest absolute Gasteiger partial charge is 0.497 e. The van der Waals surface area contributed by atoms with Gasteiger partial charge in [0.2, 0.25) is 12.7 Å². The minimum Gasteiger partial charge on any atom is -0.497 e. The zero-order valence-electron chi connectivity index (χ0n) is 24.4. The van der Waals surface area contributed by atoms with Crippen LogP contribution in [0.15, 0.2) is 54.6 Å². The van der Waals surface area contributed by atoms with Crippen LogP contribution in [0.4, 0.5) is 0 Å². The molecule has 3 aromatic rings. The van der Waals surface area contributed by atoms with Crippen molar-refractivity contribution in [3.05, 3.63) is 71.3 Å². The van der Waals surface area contributed by atoms with Crippen LogP contribution in [-0.4, -0.2) is 75.5 Å². The number of methoxy groups -OCH3 is 2. The van der Waals surface area contributed by atoms with Gasteiger partial charge in [0, 0.05) is 42.8 Å². The highest BCUT2D eigenvalue weighted by Gasteiger charge is 2.38. The summed E-state index contributed by atoms with van der Waals surface area (Å²) in [5.74, 6) is 2.30. The number of nitrogens with one attached hydrogen (secondary N) is 2. The number of carbonyl (C=O) groups is 3. The molecule has 2 N–H and O–H groups in total. The molecular weight excluding hydrogens is 570 g/mol. The molecule has 0 spiro atoms. The van der Waals surface area contributed by atoms with E-state index in [1.165, 1.54) is 14.2 Å². The summed E-state index contributed by atoms with van der Waals surface area (Å²) < 4.78 is 33.8. The van der Waals surface area contributed by atoms with Gasteiger partial charge in [-0.2, -0.15) is 0 Å². The Morgan fingerprint density at radius 2 is 1.80 bits per heavy atom. The molecular formula is C32H33N3O9. The molecule has 4 heterocycles. The number of amides is 3. The van der Waals surface area contributed by atoms with Crippen molar-refractivity contribution in [2.45, 2.75) is 31.5 Å². The van der Waals surface area contributed by atoms with Crippen molar-refractivity contribution in [3.8, 4) is 34.5 Å². The van der Waals surface area contributed by atoms with E-state index in [2.05, 4.69) is 10.6 Å². The van der Waals surface area contributed by atoms with E-state index in [-0.39, 0.29) is 56.8 Å². The lowest BCUT2D eigenvalue weighted by molar-refractivity contribution is -0.130. The molecule has 4 aliphatic heterocycles. The average molecular weight is 604 g/mol. The fourth-order valence-corrected chi connectivity index (χ4v) is 5.41. The molecule has 12 heteroatoms. The molecule has 0 aliphatic carbocycles. The van der Waals surface area contributed by atoms with Crippen molar-refractivity contribution in [1.82, 2.24) is 15.5 Å². The number of fused-ring (bicyclic) bond motifs is 8. The van der Waals surface area contributed by atoms with Crippen molar-refractivity contribution < 1.29 is 42.8 Å². The van der Waals surface area contributed by atoms with Gasteiger partial charge in [-0.05, 0) is 48.4 Å². The van der Waals surface area contributed by atoms with Gasteiger partial charge in [0.05, 0.1) is 26.8 Å². The molecule has 0 radical (unpaired) electrons. The number of hydrogen-bond acceptors (Lipinski definition) is 9. The first-order valence-corrected chi connectivity index (χ1v) is 14.3. The zero-order chi connectivity index (χ0) is 30.6. The molecule has 4 bridgehead atoms. The number of benzene rings is 3. The summed E-state index contributed by atoms with van der Waals surface area (Å²) in [7, 11) is 3.02. The van der Waals surface area contributed by atoms with E-state index >= 15 is 0 Å². The van der Waals surface area contributed by atoms with Crippen molar-refractivity contribution in [2.24, 2.45) is 0 Å². The topological polar surface area (TPSA) is 134 Å². The van der Waals surface area contributed by atoms with Gasteiger partial charge in [0.25, 0.3) is 11.8 Å². The van der Waals surface area contributed by atoms with Crippen LogP contribution in [0.25, 0.3) is 0 Å². The van der Waals surface area contributed by atoms with Gasteiger partial charge < -0.3 is 44.0 Å². The van der Waals surface area contributed by atoms with Crippen LogP contribution in [0.1, 0.15) is 27.9 Å². The van der Waals surface area contributed by atoms with Crippen LogP contribution in [0, 0.1) is 0 Å². The summed E-state index contributed by atoms with van der Waals surface area (Å²) in [6.45, 7) is 0.683. The van der Waals surface area contributed by atoms with Crippen molar-refractivity contribution in [1.29, 1.82) is 0 Å². The van der Waals surface area contributed by atoms with Gasteiger partial charge in [-0.15, -0.1) is 0 Å². The molecule has 4 aliphatic rings. The summed E-state index contributed by atoms with van der Waals surface area (Å²) in [5.41, 5.74) is 1.99. The predicted octanol–water partition coefficient (Wildman–Crippen LogP) is 2.46. The standard InChI is InChI=1S/C32H33N3O9/c1-39-23-10-21-11-24(12-23)41-17-30(36)33-14-20-5-6-22(13-27(20)40-2)44-29-16-35(15-25(29)34-32(21)38)31(37)8-4-19-3-7-26-28(9-19)43-18-42-26/h3,5-7,9-13,25,29H,4,8,14-18H2,1-2H3,(H,33,36)(H,34,38)/t25-,29-/m0/s1. The molecule has 3 aromatic carbocycles. The maximum absolute atomic E-state index is 13.5. The summed E-state index contributed by atoms with van der Waals surface area (Å²) in [4.78, 5) is 41.1. The van der Waals surface area contributed by atoms with Crippen molar-refractivity contribution >= 4 is 17.7 Å². The highest BCUT2D eigenvalue weighted by atomic mass is 16.7. The lowest BCUT2D eigenvalue weighted by Gasteiger charge is -2.22. The average Bonchev–Trinajstić information content (AvgIpc) is 3.67. The minimum atomic E-state index is -0.541. The number of ether oxygens (including phenoxy) is 6. The van der Waals surface area contributed by atoms with E-state index in [0.717, 1.165) is 11.1 Å². The number of rotatable bonds is 5. The molecule has 7 rings (SSSR count). The second kappa shape index (κ2) is 12.6. The van der Waals surface area contributed by atoms with Gasteiger partial charge in [-0.3, -0.25) is 14.4 Å². The first kappa shape index (κ1) is 29.0. The van der Waals surface area contributed by atoms with E-state index in [9.17, 15) is 14.4 Å². The van der Waals surface area contributed by atoms with Gasteiger partial charge in [0.1, 0.15) is 29.1 Å². The van der Waals surface area contributed by atoms with Gasteiger partial charge in [-0.1, -0.05) is 6.07 Å². The monoisotopic (exact) mass is 603 g/mol. The van der Waals surface area contributed by atoms with Crippen LogP contribution in [0.5, 0.6) is 34.5 Å². The highest BCUT2D eigenvalue weighted by molar-refractivity contribution is 5.95. The second-order valence-electron chi connectivity index (χ2n) is 10.7. The SMILES string of the molecule is COc1cc2cc(c1)C(=O)N[C@H]1CN(C(=O)CCc3ccc4c(c3)OCO4)C[C@@H]1Oc1ccc(c(OC)c1)CNC(=O)CO2. The Kier molecular flexibility index (Phi) is 8.31. The lowest BCUT2D eigenvalue weighted by atomic mass is 10.1. The number of nitrogens with zero attached hydrogens (tertiary/aromatic N) is 1. The summed E-state index contributed by atoms with van der Waals surface area (Å²) in [6.07, 6.45) is 0.259. The van der Waals surface area contributed by atoms with Gasteiger partial charge in [-0.25, -0.2) is 0 Å². The van der Waals surface area contributed by atoms with E-state index in [1.807, 2.05) is 18.2 Å². The summed E-state index contributed by atoms with van der Waals surface area (Å²) in [5, 5.41) is 5.85. The van der Waals surface area contributed by atoms with Crippen LogP contribution in [0.3, 0.4) is 0 Å². The normalized spacial score (nSPS) is 19.2. The zero-order valence-corrected chi connectivity index (χ0v) is 24.4. The maximum Gasteiger partial charge on any atom is 0.258 e. The number of carbonyl (C=O) groups excluding carboxylic acids is 3. The Labute approximate surface area is 254 Å². The molecule has 230 valence electrons. The molecule has 0 aromatic heterocycles. The molecule has 1 saturated heterocycles. The Bertz CT molecular complexity index is 1580. The third-order valence-corrected chi connectivity index (χ3v) is 7.77. The van der Waals surface area contributed by atoms with Gasteiger partial charge >= 0.3 is 0 Å². The Hall–Kier alpha value is -5.13. The van der Waals surface area contributed by atoms with Crippen LogP contribution >= 0.6 is 0 Å². The molecule has 12 nitrogen and oxygen atoms in total. The Morgan fingerprint density at radius 1 is 0.932 bits per heavy atom. The second-order valence-corrected chi connectivity index (χ2v) is 10.7. The molecule has 44 heavy (non-hydrogen) atoms. The predicted molar refractivity (Wildman–Crippen MR) is 156 cm³/mol. The smallest absolute Gasteiger partial charge is 0.258 e. The summed E-state index contributed by atoms with van der Waals surface area (Å²) >= 11 is 0. The number of hydrogen-bond donors (Lipinski definition) is 2.